The minimum absolute atomic E-state index is 0.0420. The molecule has 0 aliphatic carbocycles. The van der Waals surface area contributed by atoms with Gasteiger partial charge in [0.2, 0.25) is 5.91 Å². The van der Waals surface area contributed by atoms with E-state index >= 15 is 0 Å². The summed E-state index contributed by atoms with van der Waals surface area (Å²) >= 11 is 1.25. The van der Waals surface area contributed by atoms with Crippen LogP contribution in [0.3, 0.4) is 0 Å². The van der Waals surface area contributed by atoms with Gasteiger partial charge in [0.05, 0.1) is 16.2 Å². The Labute approximate surface area is 179 Å². The zero-order chi connectivity index (χ0) is 21.8. The Balaban J connectivity index is 1.89. The number of benzene rings is 2. The first-order valence-electron chi connectivity index (χ1n) is 9.91. The second-order valence-electron chi connectivity index (χ2n) is 7.23. The Morgan fingerprint density at radius 1 is 1.13 bits per heavy atom. The van der Waals surface area contributed by atoms with Crippen LogP contribution >= 0.6 is 11.8 Å². The van der Waals surface area contributed by atoms with Crippen LogP contribution in [0.15, 0.2) is 58.5 Å². The van der Waals surface area contributed by atoms with Crippen LogP contribution in [0.2, 0.25) is 0 Å². The van der Waals surface area contributed by atoms with Crippen LogP contribution < -0.4 is 10.9 Å². The number of fused-ring (bicyclic) bond motifs is 1. The van der Waals surface area contributed by atoms with Crippen molar-refractivity contribution in [3.8, 4) is 0 Å². The number of aromatic nitrogens is 2. The normalized spacial score (nSPS) is 13.1. The monoisotopic (exact) mass is 423 g/mol. The predicted molar refractivity (Wildman–Crippen MR) is 121 cm³/mol. The molecule has 0 bridgehead atoms. The second-order valence-corrected chi connectivity index (χ2v) is 8.54. The number of rotatable bonds is 7. The van der Waals surface area contributed by atoms with E-state index in [1.54, 1.807) is 47.9 Å². The minimum Gasteiger partial charge on any atom is -0.325 e. The molecule has 0 aliphatic heterocycles. The molecule has 3 rings (SSSR count). The maximum absolute atomic E-state index is 13.1. The summed E-state index contributed by atoms with van der Waals surface area (Å²) in [6, 6.07) is 14.0. The van der Waals surface area contributed by atoms with E-state index in [-0.39, 0.29) is 23.3 Å². The number of Topliss-reactive ketones (excluding diaryl/α,β-unsaturated/α-hetero) is 1. The SMILES string of the molecule is CC[C@H](C)n1c(S[C@@H](C)C(=O)Nc2cccc(C(C)=O)c2)nc2ccccc2c1=O. The van der Waals surface area contributed by atoms with E-state index in [9.17, 15) is 14.4 Å². The van der Waals surface area contributed by atoms with E-state index in [2.05, 4.69) is 10.3 Å². The quantitative estimate of drug-likeness (QED) is 0.339. The molecule has 3 aromatic rings. The highest BCUT2D eigenvalue weighted by Gasteiger charge is 2.21. The molecule has 0 spiro atoms. The second kappa shape index (κ2) is 9.26. The van der Waals surface area contributed by atoms with Crippen LogP contribution in [0, 0.1) is 0 Å². The molecule has 1 aromatic heterocycles. The topological polar surface area (TPSA) is 81.1 Å². The average Bonchev–Trinajstić information content (AvgIpc) is 2.73. The Hall–Kier alpha value is -2.93. The molecule has 30 heavy (non-hydrogen) atoms. The summed E-state index contributed by atoms with van der Waals surface area (Å²) < 4.78 is 1.67. The molecule has 0 unspecified atom stereocenters. The molecule has 0 fully saturated rings. The summed E-state index contributed by atoms with van der Waals surface area (Å²) in [7, 11) is 0. The molecule has 156 valence electrons. The number of nitrogens with one attached hydrogen (secondary N) is 1. The minimum atomic E-state index is -0.491. The fourth-order valence-corrected chi connectivity index (χ4v) is 4.06. The molecule has 1 amide bonds. The van der Waals surface area contributed by atoms with Gasteiger partial charge in [-0.2, -0.15) is 0 Å². The molecule has 0 aliphatic rings. The van der Waals surface area contributed by atoms with Gasteiger partial charge in [-0.3, -0.25) is 19.0 Å². The third-order valence-electron chi connectivity index (χ3n) is 5.00. The third kappa shape index (κ3) is 4.62. The molecule has 1 heterocycles. The number of anilines is 1. The van der Waals surface area contributed by atoms with Crippen LogP contribution in [0.25, 0.3) is 10.9 Å². The zero-order valence-corrected chi connectivity index (χ0v) is 18.3. The van der Waals surface area contributed by atoms with Crippen molar-refractivity contribution in [1.29, 1.82) is 0 Å². The first-order valence-corrected chi connectivity index (χ1v) is 10.8. The van der Waals surface area contributed by atoms with Gasteiger partial charge < -0.3 is 5.32 Å². The first-order chi connectivity index (χ1) is 14.3. The molecule has 1 N–H and O–H groups in total. The average molecular weight is 424 g/mol. The van der Waals surface area contributed by atoms with Crippen molar-refractivity contribution in [3.63, 3.8) is 0 Å². The maximum atomic E-state index is 13.1. The number of amides is 1. The van der Waals surface area contributed by atoms with Gasteiger partial charge in [0, 0.05) is 17.3 Å². The standard InChI is InChI=1S/C23H25N3O3S/c1-5-14(2)26-22(29)19-11-6-7-12-20(19)25-23(26)30-16(4)21(28)24-18-10-8-9-17(13-18)15(3)27/h6-14,16H,5H2,1-4H3,(H,24,28)/t14-,16-/m0/s1. The molecule has 6 nitrogen and oxygen atoms in total. The van der Waals surface area contributed by atoms with Crippen molar-refractivity contribution in [1.82, 2.24) is 9.55 Å². The summed E-state index contributed by atoms with van der Waals surface area (Å²) in [5, 5.41) is 3.44. The van der Waals surface area contributed by atoms with Crippen molar-refractivity contribution in [2.75, 3.05) is 5.32 Å². The van der Waals surface area contributed by atoms with E-state index in [0.29, 0.717) is 27.3 Å². The third-order valence-corrected chi connectivity index (χ3v) is 6.06. The Morgan fingerprint density at radius 3 is 2.57 bits per heavy atom. The number of nitrogens with zero attached hydrogens (tertiary/aromatic N) is 2. The summed E-state index contributed by atoms with van der Waals surface area (Å²) in [4.78, 5) is 42.1. The summed E-state index contributed by atoms with van der Waals surface area (Å²) in [6.07, 6.45) is 0.770. The summed E-state index contributed by atoms with van der Waals surface area (Å²) in [5.74, 6) is -0.287. The van der Waals surface area contributed by atoms with Gasteiger partial charge in [0.1, 0.15) is 0 Å². The van der Waals surface area contributed by atoms with E-state index in [0.717, 1.165) is 6.42 Å². The van der Waals surface area contributed by atoms with Gasteiger partial charge >= 0.3 is 0 Å². The number of para-hydroxylation sites is 1. The first kappa shape index (κ1) is 21.8. The van der Waals surface area contributed by atoms with Gasteiger partial charge in [-0.25, -0.2) is 4.98 Å². The highest BCUT2D eigenvalue weighted by molar-refractivity contribution is 8.00. The van der Waals surface area contributed by atoms with Crippen molar-refractivity contribution in [3.05, 3.63) is 64.4 Å². The molecule has 0 saturated carbocycles. The molecule has 0 saturated heterocycles. The number of carbonyl (C=O) groups excluding carboxylic acids is 2. The lowest BCUT2D eigenvalue weighted by Gasteiger charge is -2.20. The Morgan fingerprint density at radius 2 is 1.87 bits per heavy atom. The van der Waals surface area contributed by atoms with E-state index < -0.39 is 5.25 Å². The fourth-order valence-electron chi connectivity index (χ4n) is 3.05. The summed E-state index contributed by atoms with van der Waals surface area (Å²) in [6.45, 7) is 7.24. The Kier molecular flexibility index (Phi) is 6.72. The van der Waals surface area contributed by atoms with Gasteiger partial charge in [0.25, 0.3) is 5.56 Å². The van der Waals surface area contributed by atoms with Gasteiger partial charge in [-0.05, 0) is 51.5 Å². The van der Waals surface area contributed by atoms with Crippen LogP contribution in [0.4, 0.5) is 5.69 Å². The number of carbonyl (C=O) groups is 2. The van der Waals surface area contributed by atoms with E-state index in [1.165, 1.54) is 18.7 Å². The van der Waals surface area contributed by atoms with Crippen molar-refractivity contribution < 1.29 is 9.59 Å². The van der Waals surface area contributed by atoms with Gasteiger partial charge in [-0.15, -0.1) is 0 Å². The van der Waals surface area contributed by atoms with Crippen LogP contribution in [0.5, 0.6) is 0 Å². The fraction of sp³-hybridized carbons (Fsp3) is 0.304. The lowest BCUT2D eigenvalue weighted by molar-refractivity contribution is -0.115. The van der Waals surface area contributed by atoms with Crippen LogP contribution in [0.1, 0.15) is 50.5 Å². The van der Waals surface area contributed by atoms with Crippen LogP contribution in [-0.4, -0.2) is 26.5 Å². The lowest BCUT2D eigenvalue weighted by Crippen LogP contribution is -2.28. The smallest absolute Gasteiger partial charge is 0.262 e. The lowest BCUT2D eigenvalue weighted by atomic mass is 10.1. The zero-order valence-electron chi connectivity index (χ0n) is 17.5. The number of ketones is 1. The molecule has 2 atom stereocenters. The molecular weight excluding hydrogens is 398 g/mol. The largest absolute Gasteiger partial charge is 0.325 e. The van der Waals surface area contributed by atoms with Crippen molar-refractivity contribution in [2.24, 2.45) is 0 Å². The molecule has 0 radical (unpaired) electrons. The molecule has 7 heteroatoms. The van der Waals surface area contributed by atoms with Crippen molar-refractivity contribution >= 4 is 40.0 Å². The summed E-state index contributed by atoms with van der Waals surface area (Å²) in [5.41, 5.74) is 1.62. The van der Waals surface area contributed by atoms with Gasteiger partial charge in [-0.1, -0.05) is 43.0 Å². The van der Waals surface area contributed by atoms with E-state index in [4.69, 9.17) is 0 Å². The maximum Gasteiger partial charge on any atom is 0.262 e. The van der Waals surface area contributed by atoms with Crippen molar-refractivity contribution in [2.45, 2.75) is 50.6 Å². The Bertz CT molecular complexity index is 1160. The predicted octanol–water partition coefficient (Wildman–Crippen LogP) is 4.69. The highest BCUT2D eigenvalue weighted by Crippen LogP contribution is 2.26. The highest BCUT2D eigenvalue weighted by atomic mass is 32.2. The van der Waals surface area contributed by atoms with E-state index in [1.807, 2.05) is 26.0 Å². The number of thioether (sulfide) groups is 1. The van der Waals surface area contributed by atoms with Gasteiger partial charge in [0.15, 0.2) is 10.9 Å². The molecule has 2 aromatic carbocycles. The number of hydrogen-bond acceptors (Lipinski definition) is 5. The van der Waals surface area contributed by atoms with Crippen LogP contribution in [-0.2, 0) is 4.79 Å². The number of hydrogen-bond donors (Lipinski definition) is 1. The molecular formula is C23H25N3O3S.